The third kappa shape index (κ3) is 3.66. The SMILES string of the molecule is CN(CC1CC(O)C1)S(=O)(=O)CC1CCCCN1. The molecule has 106 valence electrons. The van der Waals surface area contributed by atoms with Crippen molar-refractivity contribution in [3.63, 3.8) is 0 Å². The van der Waals surface area contributed by atoms with Crippen molar-refractivity contribution in [2.45, 2.75) is 44.2 Å². The van der Waals surface area contributed by atoms with E-state index in [1.165, 1.54) is 4.31 Å². The third-order valence-corrected chi connectivity index (χ3v) is 5.95. The Balaban J connectivity index is 1.81. The standard InChI is InChI=1S/C12H24N2O3S/c1-14(8-10-6-12(15)7-10)18(16,17)9-11-4-2-3-5-13-11/h10-13,15H,2-9H2,1H3. The first-order valence-electron chi connectivity index (χ1n) is 6.83. The molecule has 0 bridgehead atoms. The summed E-state index contributed by atoms with van der Waals surface area (Å²) < 4.78 is 25.8. The molecule has 2 aliphatic rings. The monoisotopic (exact) mass is 276 g/mol. The van der Waals surface area contributed by atoms with E-state index in [0.29, 0.717) is 12.5 Å². The summed E-state index contributed by atoms with van der Waals surface area (Å²) in [6.45, 7) is 1.48. The minimum Gasteiger partial charge on any atom is -0.393 e. The molecule has 0 amide bonds. The van der Waals surface area contributed by atoms with Gasteiger partial charge in [-0.05, 0) is 38.1 Å². The highest BCUT2D eigenvalue weighted by Gasteiger charge is 2.32. The number of aliphatic hydroxyl groups is 1. The third-order valence-electron chi connectivity index (χ3n) is 4.03. The summed E-state index contributed by atoms with van der Waals surface area (Å²) in [5.74, 6) is 0.540. The van der Waals surface area contributed by atoms with Crippen LogP contribution in [0, 0.1) is 5.92 Å². The fourth-order valence-corrected chi connectivity index (χ4v) is 4.26. The van der Waals surface area contributed by atoms with Crippen LogP contribution in [-0.2, 0) is 10.0 Å². The molecule has 1 aliphatic carbocycles. The molecule has 5 nitrogen and oxygen atoms in total. The molecule has 2 N–H and O–H groups in total. The van der Waals surface area contributed by atoms with Crippen molar-refractivity contribution < 1.29 is 13.5 Å². The van der Waals surface area contributed by atoms with Crippen LogP contribution in [-0.4, -0.2) is 55.9 Å². The summed E-state index contributed by atoms with van der Waals surface area (Å²) >= 11 is 0. The van der Waals surface area contributed by atoms with Gasteiger partial charge in [-0.3, -0.25) is 0 Å². The fourth-order valence-electron chi connectivity index (χ4n) is 2.77. The van der Waals surface area contributed by atoms with Gasteiger partial charge >= 0.3 is 0 Å². The summed E-state index contributed by atoms with van der Waals surface area (Å²) in [6.07, 6.45) is 4.47. The highest BCUT2D eigenvalue weighted by Crippen LogP contribution is 2.28. The van der Waals surface area contributed by atoms with Gasteiger partial charge in [-0.1, -0.05) is 6.42 Å². The maximum Gasteiger partial charge on any atom is 0.215 e. The number of aliphatic hydroxyl groups excluding tert-OH is 1. The summed E-state index contributed by atoms with van der Waals surface area (Å²) in [5, 5.41) is 12.5. The van der Waals surface area contributed by atoms with Crippen LogP contribution in [0.15, 0.2) is 0 Å². The smallest absolute Gasteiger partial charge is 0.215 e. The first-order valence-corrected chi connectivity index (χ1v) is 8.44. The molecule has 1 saturated carbocycles. The molecule has 1 unspecified atom stereocenters. The van der Waals surface area contributed by atoms with Crippen molar-refractivity contribution in [1.29, 1.82) is 0 Å². The zero-order valence-corrected chi connectivity index (χ0v) is 11.8. The molecule has 1 atom stereocenters. The number of nitrogens with one attached hydrogen (secondary N) is 1. The Morgan fingerprint density at radius 3 is 2.61 bits per heavy atom. The molecule has 0 spiro atoms. The molecule has 0 radical (unpaired) electrons. The number of sulfonamides is 1. The molecule has 0 aromatic carbocycles. The average molecular weight is 276 g/mol. The molecule has 1 saturated heterocycles. The number of rotatable bonds is 5. The Labute approximate surface area is 110 Å². The van der Waals surface area contributed by atoms with Gasteiger partial charge in [0.05, 0.1) is 11.9 Å². The van der Waals surface area contributed by atoms with Crippen molar-refractivity contribution in [2.75, 3.05) is 25.9 Å². The van der Waals surface area contributed by atoms with Gasteiger partial charge < -0.3 is 10.4 Å². The fraction of sp³-hybridized carbons (Fsp3) is 1.00. The van der Waals surface area contributed by atoms with Gasteiger partial charge in [0.25, 0.3) is 0 Å². The van der Waals surface area contributed by atoms with Crippen LogP contribution in [0.25, 0.3) is 0 Å². The van der Waals surface area contributed by atoms with Crippen LogP contribution in [0.2, 0.25) is 0 Å². The Bertz CT molecular complexity index is 360. The zero-order valence-electron chi connectivity index (χ0n) is 11.0. The minimum absolute atomic E-state index is 0.109. The molecular formula is C12H24N2O3S. The van der Waals surface area contributed by atoms with Gasteiger partial charge in [0, 0.05) is 19.6 Å². The second-order valence-corrected chi connectivity index (χ2v) is 7.82. The van der Waals surface area contributed by atoms with E-state index in [1.54, 1.807) is 7.05 Å². The lowest BCUT2D eigenvalue weighted by Crippen LogP contribution is -2.45. The summed E-state index contributed by atoms with van der Waals surface area (Å²) in [6, 6.07) is 0.109. The van der Waals surface area contributed by atoms with E-state index in [1.807, 2.05) is 0 Å². The number of nitrogens with zero attached hydrogens (tertiary/aromatic N) is 1. The second kappa shape index (κ2) is 5.86. The average Bonchev–Trinajstić information content (AvgIpc) is 2.27. The molecule has 0 aromatic heterocycles. The lowest BCUT2D eigenvalue weighted by molar-refractivity contribution is 0.0367. The molecule has 2 rings (SSSR count). The van der Waals surface area contributed by atoms with Gasteiger partial charge in [0.2, 0.25) is 10.0 Å². The Kier molecular flexibility index (Phi) is 4.64. The van der Waals surface area contributed by atoms with Crippen LogP contribution in [0.5, 0.6) is 0 Å². The summed E-state index contributed by atoms with van der Waals surface area (Å²) in [5.41, 5.74) is 0. The summed E-state index contributed by atoms with van der Waals surface area (Å²) in [7, 11) is -1.50. The highest BCUT2D eigenvalue weighted by atomic mass is 32.2. The molecule has 2 fully saturated rings. The lowest BCUT2D eigenvalue weighted by atomic mass is 9.82. The van der Waals surface area contributed by atoms with Crippen LogP contribution >= 0.6 is 0 Å². The van der Waals surface area contributed by atoms with E-state index in [-0.39, 0.29) is 17.9 Å². The van der Waals surface area contributed by atoms with Gasteiger partial charge in [-0.15, -0.1) is 0 Å². The molecular weight excluding hydrogens is 252 g/mol. The van der Waals surface area contributed by atoms with E-state index in [4.69, 9.17) is 0 Å². The predicted molar refractivity (Wildman–Crippen MR) is 70.8 cm³/mol. The maximum absolute atomic E-state index is 12.2. The largest absolute Gasteiger partial charge is 0.393 e. The number of hydrogen-bond donors (Lipinski definition) is 2. The van der Waals surface area contributed by atoms with Crippen molar-refractivity contribution in [1.82, 2.24) is 9.62 Å². The van der Waals surface area contributed by atoms with Crippen LogP contribution in [0.4, 0.5) is 0 Å². The number of hydrogen-bond acceptors (Lipinski definition) is 4. The quantitative estimate of drug-likeness (QED) is 0.750. The van der Waals surface area contributed by atoms with Crippen molar-refractivity contribution in [2.24, 2.45) is 5.92 Å². The highest BCUT2D eigenvalue weighted by molar-refractivity contribution is 7.89. The topological polar surface area (TPSA) is 69.6 Å². The Hall–Kier alpha value is -0.170. The second-order valence-electron chi connectivity index (χ2n) is 5.70. The van der Waals surface area contributed by atoms with E-state index in [2.05, 4.69) is 5.32 Å². The Morgan fingerprint density at radius 1 is 1.33 bits per heavy atom. The van der Waals surface area contributed by atoms with Gasteiger partial charge in [-0.25, -0.2) is 12.7 Å². The first-order chi connectivity index (χ1) is 8.47. The van der Waals surface area contributed by atoms with Crippen molar-refractivity contribution in [3.8, 4) is 0 Å². The Morgan fingerprint density at radius 2 is 2.06 bits per heavy atom. The van der Waals surface area contributed by atoms with E-state index >= 15 is 0 Å². The van der Waals surface area contributed by atoms with Gasteiger partial charge in [0.1, 0.15) is 0 Å². The zero-order chi connectivity index (χ0) is 13.2. The normalized spacial score (nSPS) is 33.4. The summed E-state index contributed by atoms with van der Waals surface area (Å²) in [4.78, 5) is 0. The van der Waals surface area contributed by atoms with E-state index in [0.717, 1.165) is 38.6 Å². The van der Waals surface area contributed by atoms with Gasteiger partial charge in [-0.2, -0.15) is 0 Å². The first kappa shape index (κ1) is 14.2. The van der Waals surface area contributed by atoms with Crippen LogP contribution in [0.3, 0.4) is 0 Å². The predicted octanol–water partition coefficient (Wildman–Crippen LogP) is 0.161. The van der Waals surface area contributed by atoms with Gasteiger partial charge in [0.15, 0.2) is 0 Å². The molecule has 0 aromatic rings. The maximum atomic E-state index is 12.2. The molecule has 1 aliphatic heterocycles. The molecule has 1 heterocycles. The van der Waals surface area contributed by atoms with Crippen LogP contribution in [0.1, 0.15) is 32.1 Å². The lowest BCUT2D eigenvalue weighted by Gasteiger charge is -2.34. The van der Waals surface area contributed by atoms with Crippen molar-refractivity contribution in [3.05, 3.63) is 0 Å². The molecule has 6 heteroatoms. The molecule has 18 heavy (non-hydrogen) atoms. The van der Waals surface area contributed by atoms with E-state index in [9.17, 15) is 13.5 Å². The van der Waals surface area contributed by atoms with E-state index < -0.39 is 10.0 Å². The van der Waals surface area contributed by atoms with Crippen LogP contribution < -0.4 is 5.32 Å². The minimum atomic E-state index is -3.16. The van der Waals surface area contributed by atoms with Crippen molar-refractivity contribution >= 4 is 10.0 Å². The number of piperidine rings is 1.